The summed E-state index contributed by atoms with van der Waals surface area (Å²) in [4.78, 5) is 4.01. The number of hydrogen-bond donors (Lipinski definition) is 1. The molecule has 0 aliphatic carbocycles. The smallest absolute Gasteiger partial charge is 0.200 e. The first-order valence-corrected chi connectivity index (χ1v) is 4.50. The molecular weight excluding hydrogens is 188 g/mol. The Bertz CT molecular complexity index is 517. The number of nitriles is 1. The van der Waals surface area contributed by atoms with Gasteiger partial charge in [-0.1, -0.05) is 12.1 Å². The van der Waals surface area contributed by atoms with Gasteiger partial charge < -0.3 is 10.3 Å². The fraction of sp³-hybridized carbons (Fsp3) is 0.0909. The molecule has 0 amide bonds. The largest absolute Gasteiger partial charge is 0.369 e. The van der Waals surface area contributed by atoms with Gasteiger partial charge in [-0.2, -0.15) is 5.26 Å². The first-order valence-electron chi connectivity index (χ1n) is 4.50. The van der Waals surface area contributed by atoms with Crippen LogP contribution in [0.5, 0.6) is 0 Å². The average Bonchev–Trinajstić information content (AvgIpc) is 2.60. The lowest BCUT2D eigenvalue weighted by Crippen LogP contribution is -1.98. The van der Waals surface area contributed by atoms with Gasteiger partial charge in [-0.25, -0.2) is 4.98 Å². The van der Waals surface area contributed by atoms with Crippen LogP contribution in [-0.2, 0) is 7.05 Å². The van der Waals surface area contributed by atoms with E-state index in [2.05, 4.69) is 11.1 Å². The van der Waals surface area contributed by atoms with Crippen LogP contribution in [0.1, 0.15) is 5.56 Å². The summed E-state index contributed by atoms with van der Waals surface area (Å²) < 4.78 is 1.81. The predicted molar refractivity (Wildman–Crippen MR) is 57.8 cm³/mol. The van der Waals surface area contributed by atoms with Gasteiger partial charge in [-0.3, -0.25) is 0 Å². The number of anilines is 1. The standard InChI is InChI=1S/C11H10N4/c1-15-10(7-14-11(15)13)9-4-2-8(6-12)3-5-9/h2-5,7H,1H3,(H2,13,14). The Kier molecular flexibility index (Phi) is 2.14. The summed E-state index contributed by atoms with van der Waals surface area (Å²) in [6.07, 6.45) is 1.72. The number of hydrogen-bond acceptors (Lipinski definition) is 3. The molecule has 2 rings (SSSR count). The SMILES string of the molecule is Cn1c(-c2ccc(C#N)cc2)cnc1N. The van der Waals surface area contributed by atoms with Gasteiger partial charge in [0.2, 0.25) is 0 Å². The zero-order chi connectivity index (χ0) is 10.8. The van der Waals surface area contributed by atoms with Crippen molar-refractivity contribution in [3.63, 3.8) is 0 Å². The minimum atomic E-state index is 0.481. The molecule has 15 heavy (non-hydrogen) atoms. The Morgan fingerprint density at radius 2 is 2.00 bits per heavy atom. The van der Waals surface area contributed by atoms with E-state index in [0.29, 0.717) is 11.5 Å². The molecule has 74 valence electrons. The van der Waals surface area contributed by atoms with Gasteiger partial charge in [0.25, 0.3) is 0 Å². The third kappa shape index (κ3) is 1.55. The van der Waals surface area contributed by atoms with Crippen LogP contribution in [0.3, 0.4) is 0 Å². The van der Waals surface area contributed by atoms with Crippen molar-refractivity contribution in [2.45, 2.75) is 0 Å². The van der Waals surface area contributed by atoms with Crippen LogP contribution in [0.15, 0.2) is 30.5 Å². The maximum atomic E-state index is 8.67. The van der Waals surface area contributed by atoms with Crippen LogP contribution in [0.4, 0.5) is 5.95 Å². The van der Waals surface area contributed by atoms with Crippen molar-refractivity contribution < 1.29 is 0 Å². The number of aromatic nitrogens is 2. The Hall–Kier alpha value is -2.28. The highest BCUT2D eigenvalue weighted by Crippen LogP contribution is 2.20. The van der Waals surface area contributed by atoms with Gasteiger partial charge in [-0.15, -0.1) is 0 Å². The number of rotatable bonds is 1. The van der Waals surface area contributed by atoms with Crippen molar-refractivity contribution in [3.8, 4) is 17.3 Å². The lowest BCUT2D eigenvalue weighted by atomic mass is 10.1. The number of imidazole rings is 1. The lowest BCUT2D eigenvalue weighted by molar-refractivity contribution is 0.938. The zero-order valence-corrected chi connectivity index (χ0v) is 8.31. The summed E-state index contributed by atoms with van der Waals surface area (Å²) in [5, 5.41) is 8.67. The van der Waals surface area contributed by atoms with Crippen molar-refractivity contribution in [3.05, 3.63) is 36.0 Å². The summed E-state index contributed by atoms with van der Waals surface area (Å²) in [7, 11) is 1.86. The summed E-state index contributed by atoms with van der Waals surface area (Å²) >= 11 is 0. The minimum absolute atomic E-state index is 0.481. The van der Waals surface area contributed by atoms with Gasteiger partial charge in [0.05, 0.1) is 23.5 Å². The lowest BCUT2D eigenvalue weighted by Gasteiger charge is -2.02. The van der Waals surface area contributed by atoms with Crippen LogP contribution >= 0.6 is 0 Å². The van der Waals surface area contributed by atoms with Crippen LogP contribution in [0.2, 0.25) is 0 Å². The van der Waals surface area contributed by atoms with E-state index in [9.17, 15) is 0 Å². The highest BCUT2D eigenvalue weighted by atomic mass is 15.1. The molecule has 0 spiro atoms. The molecule has 0 saturated heterocycles. The van der Waals surface area contributed by atoms with Crippen LogP contribution < -0.4 is 5.73 Å². The van der Waals surface area contributed by atoms with Crippen LogP contribution in [0.25, 0.3) is 11.3 Å². The minimum Gasteiger partial charge on any atom is -0.369 e. The Labute approximate surface area is 87.6 Å². The molecule has 0 aliphatic heterocycles. The molecule has 4 heteroatoms. The number of nitrogens with zero attached hydrogens (tertiary/aromatic N) is 3. The van der Waals surface area contributed by atoms with E-state index in [1.807, 2.05) is 19.2 Å². The molecule has 0 bridgehead atoms. The second-order valence-electron chi connectivity index (χ2n) is 3.25. The molecular formula is C11H10N4. The third-order valence-electron chi connectivity index (χ3n) is 2.33. The second kappa shape index (κ2) is 3.46. The predicted octanol–water partition coefficient (Wildman–Crippen LogP) is 1.54. The van der Waals surface area contributed by atoms with Crippen LogP contribution in [-0.4, -0.2) is 9.55 Å². The molecule has 1 aromatic heterocycles. The van der Waals surface area contributed by atoms with Crippen molar-refractivity contribution >= 4 is 5.95 Å². The molecule has 0 radical (unpaired) electrons. The molecule has 0 unspecified atom stereocenters. The maximum Gasteiger partial charge on any atom is 0.200 e. The number of benzene rings is 1. The number of nitrogens with two attached hydrogens (primary N) is 1. The zero-order valence-electron chi connectivity index (χ0n) is 8.31. The highest BCUT2D eigenvalue weighted by Gasteiger charge is 2.05. The molecule has 1 heterocycles. The molecule has 2 aromatic rings. The Morgan fingerprint density at radius 3 is 2.47 bits per heavy atom. The van der Waals surface area contributed by atoms with Crippen molar-refractivity contribution in [1.82, 2.24) is 9.55 Å². The molecule has 0 fully saturated rings. The van der Waals surface area contributed by atoms with Crippen molar-refractivity contribution in [2.24, 2.45) is 7.05 Å². The molecule has 2 N–H and O–H groups in total. The maximum absolute atomic E-state index is 8.67. The van der Waals surface area contributed by atoms with E-state index in [1.165, 1.54) is 0 Å². The first-order chi connectivity index (χ1) is 7.22. The van der Waals surface area contributed by atoms with Crippen LogP contribution in [0, 0.1) is 11.3 Å². The topological polar surface area (TPSA) is 67.6 Å². The van der Waals surface area contributed by atoms with E-state index < -0.39 is 0 Å². The van der Waals surface area contributed by atoms with Crippen molar-refractivity contribution in [1.29, 1.82) is 5.26 Å². The fourth-order valence-electron chi connectivity index (χ4n) is 1.41. The van der Waals surface area contributed by atoms with Gasteiger partial charge in [0.15, 0.2) is 5.95 Å². The summed E-state index contributed by atoms with van der Waals surface area (Å²) in [6.45, 7) is 0. The van der Waals surface area contributed by atoms with E-state index in [4.69, 9.17) is 11.0 Å². The normalized spacial score (nSPS) is 9.87. The monoisotopic (exact) mass is 198 g/mol. The van der Waals surface area contributed by atoms with E-state index in [-0.39, 0.29) is 0 Å². The molecule has 0 atom stereocenters. The summed E-state index contributed by atoms with van der Waals surface area (Å²) in [6, 6.07) is 9.40. The van der Waals surface area contributed by atoms with Gasteiger partial charge in [0, 0.05) is 7.05 Å². The highest BCUT2D eigenvalue weighted by molar-refractivity contribution is 5.62. The fourth-order valence-corrected chi connectivity index (χ4v) is 1.41. The quantitative estimate of drug-likeness (QED) is 0.755. The molecule has 4 nitrogen and oxygen atoms in total. The number of nitrogen functional groups attached to an aromatic ring is 1. The van der Waals surface area contributed by atoms with Gasteiger partial charge in [-0.05, 0) is 17.7 Å². The Balaban J connectivity index is 2.47. The molecule has 0 saturated carbocycles. The second-order valence-corrected chi connectivity index (χ2v) is 3.25. The Morgan fingerprint density at radius 1 is 1.33 bits per heavy atom. The third-order valence-corrected chi connectivity index (χ3v) is 2.33. The van der Waals surface area contributed by atoms with Gasteiger partial charge in [0.1, 0.15) is 0 Å². The molecule has 0 aliphatic rings. The van der Waals surface area contributed by atoms with Crippen molar-refractivity contribution in [2.75, 3.05) is 5.73 Å². The van der Waals surface area contributed by atoms with E-state index in [0.717, 1.165) is 11.3 Å². The van der Waals surface area contributed by atoms with E-state index >= 15 is 0 Å². The van der Waals surface area contributed by atoms with Gasteiger partial charge >= 0.3 is 0 Å². The molecule has 1 aromatic carbocycles. The summed E-state index contributed by atoms with van der Waals surface area (Å²) in [5.41, 5.74) is 8.22. The summed E-state index contributed by atoms with van der Waals surface area (Å²) in [5.74, 6) is 0.481. The first kappa shape index (κ1) is 9.28. The van der Waals surface area contributed by atoms with E-state index in [1.54, 1.807) is 22.9 Å². The average molecular weight is 198 g/mol.